The molecule has 7 heterocycles. The van der Waals surface area contributed by atoms with Gasteiger partial charge in [0.1, 0.15) is 0 Å². The van der Waals surface area contributed by atoms with Gasteiger partial charge in [-0.15, -0.1) is 0 Å². The third-order valence-electron chi connectivity index (χ3n) is 14.4. The van der Waals surface area contributed by atoms with Crippen LogP contribution in [-0.4, -0.2) is 22.6 Å². The Hall–Kier alpha value is -6.91. The summed E-state index contributed by atoms with van der Waals surface area (Å²) in [7, 11) is 0. The monoisotopic (exact) mass is 736 g/mol. The Bertz CT molecular complexity index is 3390. The van der Waals surface area contributed by atoms with Crippen LogP contribution in [0.25, 0.3) is 55.0 Å². The van der Waals surface area contributed by atoms with Gasteiger partial charge in [-0.3, -0.25) is 0 Å². The fourth-order valence-corrected chi connectivity index (χ4v) is 12.2. The third kappa shape index (κ3) is 3.24. The molecule has 0 spiro atoms. The summed E-state index contributed by atoms with van der Waals surface area (Å²) in [6, 6.07) is 51.9. The molecule has 0 atom stereocenters. The maximum Gasteiger partial charge on any atom is 0.251 e. The first-order valence-electron chi connectivity index (χ1n) is 20.7. The maximum absolute atomic E-state index is 2.64. The van der Waals surface area contributed by atoms with E-state index >= 15 is 0 Å². The first kappa shape index (κ1) is 30.3. The standard InChI is InChI=1S/C52H34B2N4/c1-27-5-11-31(12-6-27)55-39-21-23-41-47-45(39)53-48-42(57-37-17-9-29(3)25-35(37)33-15-19-43(55)49(53)51(33)57)24-22-40-46(48)54(47)50-44(56(40)32-13-7-28(2)8-14-32)20-16-34-36-26-30(4)10-18-38(36)58(41)52(34)50/h5-26H,1-4H3. The first-order chi connectivity index (χ1) is 28.4. The van der Waals surface area contributed by atoms with Crippen LogP contribution in [-0.2, 0) is 0 Å². The van der Waals surface area contributed by atoms with E-state index in [0.717, 1.165) is 0 Å². The van der Waals surface area contributed by atoms with Crippen molar-refractivity contribution in [2.24, 2.45) is 0 Å². The molecule has 0 fully saturated rings. The normalized spacial score (nSPS) is 14.4. The molecule has 0 saturated carbocycles. The van der Waals surface area contributed by atoms with Crippen LogP contribution < -0.4 is 42.6 Å². The van der Waals surface area contributed by atoms with Gasteiger partial charge in [0.15, 0.2) is 0 Å². The number of aromatic nitrogens is 2. The Balaban J connectivity index is 1.19. The second kappa shape index (κ2) is 9.78. The van der Waals surface area contributed by atoms with E-state index in [-0.39, 0.29) is 13.4 Å². The molecule has 58 heavy (non-hydrogen) atoms. The van der Waals surface area contributed by atoms with Crippen molar-refractivity contribution in [3.05, 3.63) is 156 Å². The van der Waals surface area contributed by atoms with E-state index < -0.39 is 0 Å². The first-order valence-corrected chi connectivity index (χ1v) is 20.7. The number of nitrogens with zero attached hydrogens (tertiary/aromatic N) is 4. The molecule has 0 N–H and O–H groups in total. The van der Waals surface area contributed by atoms with Crippen LogP contribution in [0.1, 0.15) is 22.3 Å². The maximum atomic E-state index is 2.64. The van der Waals surface area contributed by atoms with Crippen LogP contribution in [0.2, 0.25) is 0 Å². The third-order valence-corrected chi connectivity index (χ3v) is 14.4. The number of anilines is 6. The largest absolute Gasteiger partial charge is 0.311 e. The van der Waals surface area contributed by atoms with Crippen LogP contribution in [0, 0.1) is 27.7 Å². The Labute approximate surface area is 336 Å². The molecule has 10 aromatic rings. The molecular weight excluding hydrogens is 702 g/mol. The lowest BCUT2D eigenvalue weighted by Gasteiger charge is -2.49. The molecule has 0 saturated heterocycles. The smallest absolute Gasteiger partial charge is 0.251 e. The van der Waals surface area contributed by atoms with Gasteiger partial charge in [0.2, 0.25) is 0 Å². The van der Waals surface area contributed by atoms with Gasteiger partial charge in [-0.2, -0.15) is 0 Å². The van der Waals surface area contributed by atoms with Gasteiger partial charge < -0.3 is 18.9 Å². The minimum absolute atomic E-state index is 0.0794. The topological polar surface area (TPSA) is 16.3 Å². The SMILES string of the molecule is Cc1ccc(N2c3ccc4c5c3B3c6c(ccc7c6B5c5c(ccc6c8cc(C)ccc8n-4c56)N7c4ccc(C)cc4)-n4c5ccc(C)cc5c5ccc2c3c54)cc1. The Kier molecular flexibility index (Phi) is 5.10. The van der Waals surface area contributed by atoms with E-state index in [2.05, 4.69) is 180 Å². The Morgan fingerprint density at radius 2 is 0.655 bits per heavy atom. The van der Waals surface area contributed by atoms with Crippen molar-refractivity contribution in [2.75, 3.05) is 9.80 Å². The quantitative estimate of drug-likeness (QED) is 0.165. The van der Waals surface area contributed by atoms with Crippen LogP contribution in [0.3, 0.4) is 0 Å². The lowest BCUT2D eigenvalue weighted by atomic mass is 9.18. The molecule has 0 radical (unpaired) electrons. The predicted molar refractivity (Wildman–Crippen MR) is 246 cm³/mol. The zero-order valence-corrected chi connectivity index (χ0v) is 32.6. The fraction of sp³-hybridized carbons (Fsp3) is 0.0769. The van der Waals surface area contributed by atoms with Crippen molar-refractivity contribution in [3.63, 3.8) is 0 Å². The molecule has 5 aliphatic heterocycles. The van der Waals surface area contributed by atoms with Crippen molar-refractivity contribution in [1.29, 1.82) is 0 Å². The number of hydrogen-bond acceptors (Lipinski definition) is 2. The molecule has 6 heteroatoms. The summed E-state index contributed by atoms with van der Waals surface area (Å²) in [5, 5.41) is 5.33. The molecular formula is C52H34B2N4. The number of fused-ring (bicyclic) bond motifs is 8. The summed E-state index contributed by atoms with van der Waals surface area (Å²) in [6.07, 6.45) is 0. The lowest BCUT2D eigenvalue weighted by molar-refractivity contribution is 1.16. The van der Waals surface area contributed by atoms with Crippen molar-refractivity contribution in [3.8, 4) is 11.4 Å². The molecule has 0 bridgehead atoms. The van der Waals surface area contributed by atoms with Gasteiger partial charge >= 0.3 is 0 Å². The molecule has 5 aliphatic rings. The minimum Gasteiger partial charge on any atom is -0.311 e. The summed E-state index contributed by atoms with van der Waals surface area (Å²) in [5.41, 5.74) is 29.3. The molecule has 4 nitrogen and oxygen atoms in total. The average molecular weight is 736 g/mol. The minimum atomic E-state index is 0.0794. The van der Waals surface area contributed by atoms with Gasteiger partial charge in [-0.05, 0) is 145 Å². The summed E-state index contributed by atoms with van der Waals surface area (Å²) in [6.45, 7) is 8.98. The van der Waals surface area contributed by atoms with Gasteiger partial charge in [-0.1, -0.05) is 70.8 Å². The highest BCUT2D eigenvalue weighted by Gasteiger charge is 2.55. The van der Waals surface area contributed by atoms with Crippen molar-refractivity contribution < 1.29 is 0 Å². The Morgan fingerprint density at radius 1 is 0.310 bits per heavy atom. The number of rotatable bonds is 2. The zero-order valence-electron chi connectivity index (χ0n) is 32.6. The lowest BCUT2D eigenvalue weighted by Crippen LogP contribution is -2.80. The summed E-state index contributed by atoms with van der Waals surface area (Å²) >= 11 is 0. The van der Waals surface area contributed by atoms with E-state index in [4.69, 9.17) is 0 Å². The van der Waals surface area contributed by atoms with E-state index in [1.54, 1.807) is 0 Å². The van der Waals surface area contributed by atoms with E-state index in [1.807, 2.05) is 0 Å². The summed E-state index contributed by atoms with van der Waals surface area (Å²) < 4.78 is 5.27. The van der Waals surface area contributed by atoms with Gasteiger partial charge in [0.25, 0.3) is 13.4 Å². The molecule has 15 rings (SSSR count). The summed E-state index contributed by atoms with van der Waals surface area (Å²) in [4.78, 5) is 5.17. The number of benzene rings is 8. The highest BCUT2D eigenvalue weighted by Crippen LogP contribution is 2.48. The fourth-order valence-electron chi connectivity index (χ4n) is 12.2. The van der Waals surface area contributed by atoms with Crippen molar-refractivity contribution in [1.82, 2.24) is 9.13 Å². The van der Waals surface area contributed by atoms with E-state index in [9.17, 15) is 0 Å². The summed E-state index contributed by atoms with van der Waals surface area (Å²) in [5.74, 6) is 0. The van der Waals surface area contributed by atoms with Crippen LogP contribution >= 0.6 is 0 Å². The number of aryl methyl sites for hydroxylation is 4. The Morgan fingerprint density at radius 3 is 1.09 bits per heavy atom. The molecule has 0 amide bonds. The molecule has 8 aromatic carbocycles. The van der Waals surface area contributed by atoms with Crippen molar-refractivity contribution in [2.45, 2.75) is 27.7 Å². The second-order valence-corrected chi connectivity index (χ2v) is 17.6. The molecule has 0 aliphatic carbocycles. The van der Waals surface area contributed by atoms with E-state index in [0.29, 0.717) is 0 Å². The molecule has 268 valence electrons. The van der Waals surface area contributed by atoms with E-state index in [1.165, 1.54) is 144 Å². The molecule has 2 aromatic heterocycles. The van der Waals surface area contributed by atoms with Crippen LogP contribution in [0.15, 0.2) is 133 Å². The number of hydrogen-bond donors (Lipinski definition) is 0. The van der Waals surface area contributed by atoms with Crippen LogP contribution in [0.5, 0.6) is 0 Å². The van der Waals surface area contributed by atoms with Crippen LogP contribution in [0.4, 0.5) is 34.1 Å². The average Bonchev–Trinajstić information content (AvgIpc) is 3.75. The zero-order chi connectivity index (χ0) is 38.0. The highest BCUT2D eigenvalue weighted by atomic mass is 15.2. The second-order valence-electron chi connectivity index (χ2n) is 17.6. The highest BCUT2D eigenvalue weighted by molar-refractivity contribution is 7.15. The van der Waals surface area contributed by atoms with Gasteiger partial charge in [0.05, 0.1) is 22.1 Å². The molecule has 0 unspecified atom stereocenters. The van der Waals surface area contributed by atoms with Crippen molar-refractivity contribution >= 4 is 124 Å². The predicted octanol–water partition coefficient (Wildman–Crippen LogP) is 8.65. The van der Waals surface area contributed by atoms with Gasteiger partial charge in [0, 0.05) is 67.0 Å². The van der Waals surface area contributed by atoms with Gasteiger partial charge in [-0.25, -0.2) is 0 Å².